The summed E-state index contributed by atoms with van der Waals surface area (Å²) in [6.45, 7) is 1.43. The van der Waals surface area contributed by atoms with Crippen molar-refractivity contribution in [2.75, 3.05) is 13.1 Å². The molecule has 0 aromatic heterocycles. The molecule has 1 aliphatic heterocycles. The van der Waals surface area contributed by atoms with E-state index in [4.69, 9.17) is 5.73 Å². The number of hydrogen-bond acceptors (Lipinski definition) is 2. The lowest BCUT2D eigenvalue weighted by atomic mass is 10.0. The Morgan fingerprint density at radius 3 is 2.25 bits per heavy atom. The summed E-state index contributed by atoms with van der Waals surface area (Å²) in [7, 11) is 0. The highest BCUT2D eigenvalue weighted by Gasteiger charge is 2.24. The van der Waals surface area contributed by atoms with Crippen LogP contribution in [0.5, 0.6) is 0 Å². The van der Waals surface area contributed by atoms with Gasteiger partial charge in [-0.05, 0) is 29.7 Å². The first-order chi connectivity index (χ1) is 9.74. The maximum absolute atomic E-state index is 12.3. The van der Waals surface area contributed by atoms with Crippen molar-refractivity contribution >= 4 is 5.91 Å². The van der Waals surface area contributed by atoms with E-state index in [1.807, 2.05) is 47.4 Å². The van der Waals surface area contributed by atoms with Gasteiger partial charge in [0.05, 0.1) is 0 Å². The molecule has 1 saturated heterocycles. The molecular formula is C17H18N2O. The van der Waals surface area contributed by atoms with Crippen LogP contribution in [-0.4, -0.2) is 29.9 Å². The first kappa shape index (κ1) is 12.9. The van der Waals surface area contributed by atoms with Crippen LogP contribution >= 0.6 is 0 Å². The van der Waals surface area contributed by atoms with Crippen LogP contribution in [-0.2, 0) is 0 Å². The molecule has 1 amide bonds. The molecule has 2 aromatic rings. The third kappa shape index (κ3) is 2.58. The second kappa shape index (κ2) is 5.47. The van der Waals surface area contributed by atoms with Gasteiger partial charge in [0.2, 0.25) is 0 Å². The van der Waals surface area contributed by atoms with Gasteiger partial charge in [-0.2, -0.15) is 0 Å². The fourth-order valence-electron chi connectivity index (χ4n) is 2.59. The molecular weight excluding hydrogens is 248 g/mol. The van der Waals surface area contributed by atoms with E-state index in [9.17, 15) is 4.79 Å². The number of carbonyl (C=O) groups excluding carboxylic acids is 1. The summed E-state index contributed by atoms with van der Waals surface area (Å²) in [6.07, 6.45) is 0.897. The zero-order valence-electron chi connectivity index (χ0n) is 11.3. The van der Waals surface area contributed by atoms with E-state index in [2.05, 4.69) is 12.1 Å². The van der Waals surface area contributed by atoms with Gasteiger partial charge in [-0.3, -0.25) is 4.79 Å². The Kier molecular flexibility index (Phi) is 3.52. The summed E-state index contributed by atoms with van der Waals surface area (Å²) in [6, 6.07) is 18.1. The Morgan fingerprint density at radius 1 is 1.00 bits per heavy atom. The van der Waals surface area contributed by atoms with E-state index in [-0.39, 0.29) is 11.9 Å². The van der Waals surface area contributed by atoms with Gasteiger partial charge in [-0.15, -0.1) is 0 Å². The van der Waals surface area contributed by atoms with Crippen molar-refractivity contribution < 1.29 is 4.79 Å². The molecule has 0 aliphatic carbocycles. The molecule has 0 bridgehead atoms. The topological polar surface area (TPSA) is 46.3 Å². The van der Waals surface area contributed by atoms with Crippen LogP contribution < -0.4 is 5.73 Å². The minimum Gasteiger partial charge on any atom is -0.337 e. The number of hydrogen-bond donors (Lipinski definition) is 1. The summed E-state index contributed by atoms with van der Waals surface area (Å²) >= 11 is 0. The lowest BCUT2D eigenvalue weighted by molar-refractivity contribution is 0.0791. The van der Waals surface area contributed by atoms with E-state index in [0.29, 0.717) is 6.54 Å². The molecule has 0 radical (unpaired) electrons. The number of carbonyl (C=O) groups is 1. The highest BCUT2D eigenvalue weighted by atomic mass is 16.2. The van der Waals surface area contributed by atoms with Crippen LogP contribution in [0.2, 0.25) is 0 Å². The summed E-state index contributed by atoms with van der Waals surface area (Å²) in [5.41, 5.74) is 8.87. The maximum atomic E-state index is 12.3. The maximum Gasteiger partial charge on any atom is 0.253 e. The van der Waals surface area contributed by atoms with E-state index in [1.165, 1.54) is 0 Å². The summed E-state index contributed by atoms with van der Waals surface area (Å²) in [5.74, 6) is 0.0811. The zero-order chi connectivity index (χ0) is 13.9. The van der Waals surface area contributed by atoms with Crippen LogP contribution in [0.1, 0.15) is 16.8 Å². The number of amides is 1. The predicted octanol–water partition coefficient (Wildman–Crippen LogP) is 2.53. The van der Waals surface area contributed by atoms with Gasteiger partial charge >= 0.3 is 0 Å². The van der Waals surface area contributed by atoms with E-state index in [1.54, 1.807) is 0 Å². The number of likely N-dealkylation sites (tertiary alicyclic amines) is 1. The van der Waals surface area contributed by atoms with Gasteiger partial charge in [0.25, 0.3) is 5.91 Å². The van der Waals surface area contributed by atoms with Crippen molar-refractivity contribution in [2.45, 2.75) is 12.5 Å². The van der Waals surface area contributed by atoms with Crippen LogP contribution in [0.15, 0.2) is 54.6 Å². The Morgan fingerprint density at radius 2 is 1.65 bits per heavy atom. The van der Waals surface area contributed by atoms with Crippen molar-refractivity contribution in [1.29, 1.82) is 0 Å². The SMILES string of the molecule is NC1CCN(C(=O)c2ccc(-c3ccccc3)cc2)C1. The summed E-state index contributed by atoms with van der Waals surface area (Å²) in [5, 5.41) is 0. The lowest BCUT2D eigenvalue weighted by Crippen LogP contribution is -2.31. The number of nitrogens with two attached hydrogens (primary N) is 1. The highest BCUT2D eigenvalue weighted by Crippen LogP contribution is 2.20. The monoisotopic (exact) mass is 266 g/mol. The molecule has 0 spiro atoms. The zero-order valence-corrected chi connectivity index (χ0v) is 11.3. The molecule has 1 aliphatic rings. The lowest BCUT2D eigenvalue weighted by Gasteiger charge is -2.15. The highest BCUT2D eigenvalue weighted by molar-refractivity contribution is 5.95. The molecule has 1 unspecified atom stereocenters. The van der Waals surface area contributed by atoms with Gasteiger partial charge in [0.15, 0.2) is 0 Å². The minimum absolute atomic E-state index is 0.0811. The average molecular weight is 266 g/mol. The number of rotatable bonds is 2. The molecule has 1 atom stereocenters. The predicted molar refractivity (Wildman–Crippen MR) is 80.4 cm³/mol. The van der Waals surface area contributed by atoms with Crippen molar-refractivity contribution in [3.63, 3.8) is 0 Å². The Hall–Kier alpha value is -2.13. The van der Waals surface area contributed by atoms with E-state index < -0.39 is 0 Å². The smallest absolute Gasteiger partial charge is 0.253 e. The number of benzene rings is 2. The van der Waals surface area contributed by atoms with Crippen LogP contribution in [0.4, 0.5) is 0 Å². The molecule has 1 fully saturated rings. The molecule has 3 nitrogen and oxygen atoms in total. The largest absolute Gasteiger partial charge is 0.337 e. The fraction of sp³-hybridized carbons (Fsp3) is 0.235. The Labute approximate surface area is 119 Å². The molecule has 0 saturated carbocycles. The molecule has 2 aromatic carbocycles. The third-order valence-electron chi connectivity index (χ3n) is 3.75. The summed E-state index contributed by atoms with van der Waals surface area (Å²) in [4.78, 5) is 14.1. The van der Waals surface area contributed by atoms with Gasteiger partial charge in [-0.25, -0.2) is 0 Å². The summed E-state index contributed by atoms with van der Waals surface area (Å²) < 4.78 is 0. The average Bonchev–Trinajstić information content (AvgIpc) is 2.94. The molecule has 102 valence electrons. The van der Waals surface area contributed by atoms with Gasteiger partial charge in [0, 0.05) is 24.7 Å². The van der Waals surface area contributed by atoms with Crippen LogP contribution in [0.25, 0.3) is 11.1 Å². The first-order valence-corrected chi connectivity index (χ1v) is 6.94. The molecule has 3 heteroatoms. The fourth-order valence-corrected chi connectivity index (χ4v) is 2.59. The van der Waals surface area contributed by atoms with Crippen molar-refractivity contribution in [3.8, 4) is 11.1 Å². The molecule has 2 N–H and O–H groups in total. The Balaban J connectivity index is 1.78. The molecule has 3 rings (SSSR count). The van der Waals surface area contributed by atoms with E-state index in [0.717, 1.165) is 29.7 Å². The van der Waals surface area contributed by atoms with Crippen LogP contribution in [0, 0.1) is 0 Å². The van der Waals surface area contributed by atoms with Gasteiger partial charge in [-0.1, -0.05) is 42.5 Å². The van der Waals surface area contributed by atoms with Crippen molar-refractivity contribution in [1.82, 2.24) is 4.90 Å². The first-order valence-electron chi connectivity index (χ1n) is 6.94. The quantitative estimate of drug-likeness (QED) is 0.908. The van der Waals surface area contributed by atoms with Gasteiger partial charge in [0.1, 0.15) is 0 Å². The van der Waals surface area contributed by atoms with E-state index >= 15 is 0 Å². The second-order valence-corrected chi connectivity index (χ2v) is 5.24. The Bertz CT molecular complexity index is 592. The minimum atomic E-state index is 0.0811. The van der Waals surface area contributed by atoms with Crippen molar-refractivity contribution in [2.24, 2.45) is 5.73 Å². The third-order valence-corrected chi connectivity index (χ3v) is 3.75. The second-order valence-electron chi connectivity index (χ2n) is 5.24. The number of nitrogens with zero attached hydrogens (tertiary/aromatic N) is 1. The van der Waals surface area contributed by atoms with Crippen LogP contribution in [0.3, 0.4) is 0 Å². The molecule has 20 heavy (non-hydrogen) atoms. The standard InChI is InChI=1S/C17H18N2O/c18-16-10-11-19(12-16)17(20)15-8-6-14(7-9-15)13-4-2-1-3-5-13/h1-9,16H,10-12,18H2. The van der Waals surface area contributed by atoms with Gasteiger partial charge < -0.3 is 10.6 Å². The van der Waals surface area contributed by atoms with Crippen molar-refractivity contribution in [3.05, 3.63) is 60.2 Å². The molecule has 1 heterocycles. The normalized spacial score (nSPS) is 18.2.